The molecule has 0 amide bonds. The van der Waals surface area contributed by atoms with Gasteiger partial charge in [-0.2, -0.15) is 10.5 Å². The van der Waals surface area contributed by atoms with Gasteiger partial charge in [0.05, 0.1) is 25.5 Å². The molecule has 0 saturated carbocycles. The molecule has 0 saturated heterocycles. The van der Waals surface area contributed by atoms with Crippen LogP contribution >= 0.6 is 0 Å². The van der Waals surface area contributed by atoms with E-state index in [0.29, 0.717) is 18.6 Å². The second-order valence-electron chi connectivity index (χ2n) is 4.97. The molecule has 0 heterocycles. The smallest absolute Gasteiger partial charge is 0.337 e. The summed E-state index contributed by atoms with van der Waals surface area (Å²) in [6.07, 6.45) is 5.47. The second-order valence-corrected chi connectivity index (χ2v) is 4.97. The van der Waals surface area contributed by atoms with E-state index in [4.69, 9.17) is 15.3 Å². The summed E-state index contributed by atoms with van der Waals surface area (Å²) in [5, 5.41) is 17.7. The van der Waals surface area contributed by atoms with Crippen LogP contribution in [0.2, 0.25) is 0 Å². The Morgan fingerprint density at radius 1 is 1.21 bits per heavy atom. The van der Waals surface area contributed by atoms with E-state index in [-0.39, 0.29) is 11.5 Å². The Morgan fingerprint density at radius 3 is 2.42 bits per heavy atom. The summed E-state index contributed by atoms with van der Waals surface area (Å²) in [7, 11) is 1.35. The van der Waals surface area contributed by atoms with Gasteiger partial charge in [0.25, 0.3) is 0 Å². The zero-order valence-electron chi connectivity index (χ0n) is 13.9. The molecular weight excluding hydrogens is 304 g/mol. The lowest BCUT2D eigenvalue weighted by molar-refractivity contribution is 0.0600. The Bertz CT molecular complexity index is 673. The number of carbonyl (C=O) groups excluding carboxylic acids is 1. The van der Waals surface area contributed by atoms with Gasteiger partial charge in [0, 0.05) is 0 Å². The van der Waals surface area contributed by atoms with Gasteiger partial charge in [-0.1, -0.05) is 12.1 Å². The maximum absolute atomic E-state index is 11.4. The van der Waals surface area contributed by atoms with Crippen molar-refractivity contribution in [3.8, 4) is 12.1 Å². The molecule has 1 rings (SSSR count). The number of methoxy groups -OCH3 is 1. The third kappa shape index (κ3) is 6.37. The SMILES string of the molecule is CCO/C=C(\C=C(C#N)C#N)CCCc1ccc(C(=O)OC)cc1. The fraction of sp³-hybridized carbons (Fsp3) is 0.316. The van der Waals surface area contributed by atoms with Crippen molar-refractivity contribution in [2.45, 2.75) is 26.2 Å². The molecule has 0 N–H and O–H groups in total. The van der Waals surface area contributed by atoms with Crippen molar-refractivity contribution in [1.29, 1.82) is 10.5 Å². The number of benzene rings is 1. The van der Waals surface area contributed by atoms with Crippen LogP contribution in [-0.4, -0.2) is 19.7 Å². The summed E-state index contributed by atoms with van der Waals surface area (Å²) in [5.74, 6) is -0.353. The lowest BCUT2D eigenvalue weighted by Crippen LogP contribution is -2.00. The number of carbonyl (C=O) groups is 1. The summed E-state index contributed by atoms with van der Waals surface area (Å²) in [6, 6.07) is 11.0. The summed E-state index contributed by atoms with van der Waals surface area (Å²) in [4.78, 5) is 11.4. The first-order valence-electron chi connectivity index (χ1n) is 7.64. The van der Waals surface area contributed by atoms with Crippen molar-refractivity contribution in [3.05, 3.63) is 58.9 Å². The van der Waals surface area contributed by atoms with Crippen molar-refractivity contribution in [1.82, 2.24) is 0 Å². The van der Waals surface area contributed by atoms with E-state index in [1.165, 1.54) is 7.11 Å². The van der Waals surface area contributed by atoms with Crippen molar-refractivity contribution < 1.29 is 14.3 Å². The van der Waals surface area contributed by atoms with Gasteiger partial charge in [-0.05, 0) is 55.5 Å². The minimum atomic E-state index is -0.353. The fourth-order valence-electron chi connectivity index (χ4n) is 2.05. The van der Waals surface area contributed by atoms with Crippen molar-refractivity contribution in [3.63, 3.8) is 0 Å². The summed E-state index contributed by atoms with van der Waals surface area (Å²) >= 11 is 0. The topological polar surface area (TPSA) is 83.1 Å². The normalized spacial score (nSPS) is 10.2. The van der Waals surface area contributed by atoms with E-state index < -0.39 is 0 Å². The highest BCUT2D eigenvalue weighted by Gasteiger charge is 2.05. The molecule has 1 aromatic rings. The van der Waals surface area contributed by atoms with Crippen LogP contribution in [0.15, 0.2) is 47.7 Å². The first kappa shape index (κ1) is 19.0. The van der Waals surface area contributed by atoms with Gasteiger partial charge in [0.1, 0.15) is 17.7 Å². The number of ether oxygens (including phenoxy) is 2. The quantitative estimate of drug-likeness (QED) is 0.315. The highest BCUT2D eigenvalue weighted by molar-refractivity contribution is 5.89. The van der Waals surface area contributed by atoms with E-state index in [2.05, 4.69) is 4.74 Å². The molecule has 5 heteroatoms. The molecule has 0 bridgehead atoms. The molecule has 0 fully saturated rings. The van der Waals surface area contributed by atoms with Crippen LogP contribution in [-0.2, 0) is 15.9 Å². The molecule has 0 aliphatic carbocycles. The minimum absolute atomic E-state index is 0.0587. The maximum atomic E-state index is 11.4. The molecule has 5 nitrogen and oxygen atoms in total. The molecule has 0 aliphatic rings. The van der Waals surface area contributed by atoms with E-state index >= 15 is 0 Å². The molecule has 1 aromatic carbocycles. The highest BCUT2D eigenvalue weighted by Crippen LogP contribution is 2.14. The molecular formula is C19H20N2O3. The van der Waals surface area contributed by atoms with Crippen molar-refractivity contribution >= 4 is 5.97 Å². The van der Waals surface area contributed by atoms with E-state index in [9.17, 15) is 4.79 Å². The van der Waals surface area contributed by atoms with Crippen molar-refractivity contribution in [2.75, 3.05) is 13.7 Å². The van der Waals surface area contributed by atoms with Gasteiger partial charge < -0.3 is 9.47 Å². The standard InChI is InChI=1S/C19H20N2O3/c1-3-24-14-16(11-17(12-20)13-21)6-4-5-15-7-9-18(10-8-15)19(22)23-2/h7-11,14H,3-6H2,1-2H3/b16-14-. The predicted molar refractivity (Wildman–Crippen MR) is 89.7 cm³/mol. The maximum Gasteiger partial charge on any atom is 0.337 e. The zero-order chi connectivity index (χ0) is 17.8. The lowest BCUT2D eigenvalue weighted by Gasteiger charge is -2.05. The zero-order valence-corrected chi connectivity index (χ0v) is 13.9. The first-order chi connectivity index (χ1) is 11.6. The molecule has 0 spiro atoms. The predicted octanol–water partition coefficient (Wildman–Crippen LogP) is 3.69. The number of hydrogen-bond donors (Lipinski definition) is 0. The van der Waals surface area contributed by atoms with Gasteiger partial charge in [-0.25, -0.2) is 4.79 Å². The van der Waals surface area contributed by atoms with Gasteiger partial charge in [0.15, 0.2) is 0 Å². The van der Waals surface area contributed by atoms with E-state index in [0.717, 1.165) is 24.0 Å². The summed E-state index contributed by atoms with van der Waals surface area (Å²) in [6.45, 7) is 2.40. The molecule has 124 valence electrons. The van der Waals surface area contributed by atoms with Crippen molar-refractivity contribution in [2.24, 2.45) is 0 Å². The second kappa shape index (κ2) is 10.6. The van der Waals surface area contributed by atoms with E-state index in [1.54, 1.807) is 24.5 Å². The first-order valence-corrected chi connectivity index (χ1v) is 7.64. The molecule has 0 radical (unpaired) electrons. The third-order valence-electron chi connectivity index (χ3n) is 3.28. The Labute approximate surface area is 142 Å². The molecule has 0 unspecified atom stereocenters. The third-order valence-corrected chi connectivity index (χ3v) is 3.28. The van der Waals surface area contributed by atoms with Crippen LogP contribution in [0.25, 0.3) is 0 Å². The largest absolute Gasteiger partial charge is 0.501 e. The summed E-state index contributed by atoms with van der Waals surface area (Å²) in [5.41, 5.74) is 2.49. The lowest BCUT2D eigenvalue weighted by atomic mass is 10.0. The average molecular weight is 324 g/mol. The van der Waals surface area contributed by atoms with Crippen LogP contribution in [0.3, 0.4) is 0 Å². The number of hydrogen-bond acceptors (Lipinski definition) is 5. The van der Waals surface area contributed by atoms with Crippen LogP contribution in [0.1, 0.15) is 35.7 Å². The Kier molecular flexibility index (Phi) is 8.42. The van der Waals surface area contributed by atoms with Crippen LogP contribution in [0.5, 0.6) is 0 Å². The number of aryl methyl sites for hydroxylation is 1. The average Bonchev–Trinajstić information content (AvgIpc) is 2.63. The Balaban J connectivity index is 2.65. The monoisotopic (exact) mass is 324 g/mol. The highest BCUT2D eigenvalue weighted by atomic mass is 16.5. The van der Waals surface area contributed by atoms with Crippen LogP contribution in [0.4, 0.5) is 0 Å². The number of esters is 1. The molecule has 24 heavy (non-hydrogen) atoms. The number of rotatable bonds is 8. The van der Waals surface area contributed by atoms with Gasteiger partial charge in [0.2, 0.25) is 0 Å². The number of nitrogens with zero attached hydrogens (tertiary/aromatic N) is 2. The van der Waals surface area contributed by atoms with Crippen LogP contribution < -0.4 is 0 Å². The molecule has 0 aromatic heterocycles. The van der Waals surface area contributed by atoms with Gasteiger partial charge in [-0.15, -0.1) is 0 Å². The Hall–Kier alpha value is -3.05. The minimum Gasteiger partial charge on any atom is -0.501 e. The molecule has 0 atom stereocenters. The van der Waals surface area contributed by atoms with Gasteiger partial charge >= 0.3 is 5.97 Å². The molecule has 0 aliphatic heterocycles. The summed E-state index contributed by atoms with van der Waals surface area (Å²) < 4.78 is 9.93. The number of allylic oxidation sites excluding steroid dienone is 3. The Morgan fingerprint density at radius 2 is 1.88 bits per heavy atom. The van der Waals surface area contributed by atoms with Crippen LogP contribution in [0, 0.1) is 22.7 Å². The van der Waals surface area contributed by atoms with E-state index in [1.807, 2.05) is 31.2 Å². The number of nitriles is 2. The fourth-order valence-corrected chi connectivity index (χ4v) is 2.05. The van der Waals surface area contributed by atoms with Gasteiger partial charge in [-0.3, -0.25) is 0 Å².